The van der Waals surface area contributed by atoms with E-state index in [0.717, 1.165) is 37.9 Å². The second-order valence-corrected chi connectivity index (χ2v) is 8.16. The van der Waals surface area contributed by atoms with E-state index in [0.29, 0.717) is 24.8 Å². The van der Waals surface area contributed by atoms with Gasteiger partial charge in [-0.3, -0.25) is 19.3 Å². The van der Waals surface area contributed by atoms with Crippen molar-refractivity contribution in [2.45, 2.75) is 44.2 Å². The zero-order valence-electron chi connectivity index (χ0n) is 16.5. The molecule has 4 rings (SSSR count). The van der Waals surface area contributed by atoms with Crippen molar-refractivity contribution in [1.29, 1.82) is 0 Å². The molecule has 156 valence electrons. The maximum Gasteiger partial charge on any atom is 0.253 e. The van der Waals surface area contributed by atoms with E-state index in [4.69, 9.17) is 10.5 Å². The molecular weight excluding hydrogens is 372 g/mol. The Kier molecular flexibility index (Phi) is 5.82. The van der Waals surface area contributed by atoms with E-state index in [1.807, 2.05) is 4.90 Å². The first kappa shape index (κ1) is 19.8. The van der Waals surface area contributed by atoms with Gasteiger partial charge in [0.25, 0.3) is 11.8 Å². The third-order valence-corrected chi connectivity index (χ3v) is 5.99. The van der Waals surface area contributed by atoms with Crippen LogP contribution in [-0.2, 0) is 19.1 Å². The number of amides is 3. The Morgan fingerprint density at radius 2 is 1.93 bits per heavy atom. The van der Waals surface area contributed by atoms with Crippen molar-refractivity contribution in [3.63, 3.8) is 0 Å². The number of hydrogen-bond donors (Lipinski definition) is 2. The molecule has 2 aliphatic carbocycles. The van der Waals surface area contributed by atoms with E-state index in [1.165, 1.54) is 6.42 Å². The Labute approximate surface area is 170 Å². The van der Waals surface area contributed by atoms with Crippen molar-refractivity contribution in [3.8, 4) is 0 Å². The van der Waals surface area contributed by atoms with Crippen LogP contribution in [0, 0.1) is 5.92 Å². The van der Waals surface area contributed by atoms with Gasteiger partial charge in [0.1, 0.15) is 6.61 Å². The lowest BCUT2D eigenvalue weighted by Crippen LogP contribution is -2.54. The summed E-state index contributed by atoms with van der Waals surface area (Å²) in [6.45, 7) is 1.84. The smallest absolute Gasteiger partial charge is 0.253 e. The first-order chi connectivity index (χ1) is 14.0. The van der Waals surface area contributed by atoms with Crippen molar-refractivity contribution in [1.82, 2.24) is 4.90 Å². The molecule has 3 aliphatic rings. The molecule has 8 nitrogen and oxygen atoms in total. The normalized spacial score (nSPS) is 21.0. The number of ether oxygens (including phenoxy) is 1. The average Bonchev–Trinajstić information content (AvgIpc) is 3.49. The Morgan fingerprint density at radius 3 is 2.48 bits per heavy atom. The topological polar surface area (TPSA) is 105 Å². The van der Waals surface area contributed by atoms with Crippen LogP contribution in [0.3, 0.4) is 0 Å². The molecule has 0 spiro atoms. The monoisotopic (exact) mass is 400 g/mol. The highest BCUT2D eigenvalue weighted by molar-refractivity contribution is 6.09. The Hall–Kier alpha value is -2.45. The van der Waals surface area contributed by atoms with Gasteiger partial charge in [0, 0.05) is 30.5 Å². The molecule has 0 aromatic heterocycles. The number of nitrogens with one attached hydrogen (secondary N) is 1. The number of carbonyl (C=O) groups is 3. The summed E-state index contributed by atoms with van der Waals surface area (Å²) in [5.74, 6) is -0.531. The molecule has 0 unspecified atom stereocenters. The van der Waals surface area contributed by atoms with E-state index in [9.17, 15) is 14.4 Å². The highest BCUT2D eigenvalue weighted by atomic mass is 16.5. The van der Waals surface area contributed by atoms with Crippen LogP contribution in [0.15, 0.2) is 24.3 Å². The van der Waals surface area contributed by atoms with Gasteiger partial charge < -0.3 is 20.7 Å². The van der Waals surface area contributed by atoms with Crippen molar-refractivity contribution in [2.24, 2.45) is 11.7 Å². The van der Waals surface area contributed by atoms with Gasteiger partial charge in [-0.2, -0.15) is 0 Å². The average molecular weight is 400 g/mol. The summed E-state index contributed by atoms with van der Waals surface area (Å²) in [4.78, 5) is 40.7. The second kappa shape index (κ2) is 8.51. The van der Waals surface area contributed by atoms with Gasteiger partial charge in [-0.05, 0) is 55.9 Å². The number of benzene rings is 1. The zero-order chi connectivity index (χ0) is 20.4. The van der Waals surface area contributed by atoms with E-state index >= 15 is 0 Å². The van der Waals surface area contributed by atoms with Gasteiger partial charge in [-0.25, -0.2) is 0 Å². The zero-order valence-corrected chi connectivity index (χ0v) is 16.5. The number of morpholine rings is 1. The number of nitrogens with zero attached hydrogens (tertiary/aromatic N) is 2. The molecular formula is C21H28N4O4. The maximum atomic E-state index is 12.9. The summed E-state index contributed by atoms with van der Waals surface area (Å²) < 4.78 is 5.15. The number of rotatable bonds is 8. The van der Waals surface area contributed by atoms with E-state index in [-0.39, 0.29) is 24.5 Å². The molecule has 3 amide bonds. The Morgan fingerprint density at radius 1 is 1.21 bits per heavy atom. The van der Waals surface area contributed by atoms with E-state index in [1.54, 1.807) is 29.2 Å². The van der Waals surface area contributed by atoms with Crippen LogP contribution in [0.5, 0.6) is 0 Å². The number of hydrogen-bond acceptors (Lipinski definition) is 5. The lowest BCUT2D eigenvalue weighted by molar-refractivity contribution is -0.133. The van der Waals surface area contributed by atoms with E-state index < -0.39 is 11.9 Å². The van der Waals surface area contributed by atoms with Crippen LogP contribution < -0.4 is 16.0 Å². The van der Waals surface area contributed by atoms with Crippen LogP contribution >= 0.6 is 0 Å². The van der Waals surface area contributed by atoms with Crippen molar-refractivity contribution >= 4 is 29.1 Å². The van der Waals surface area contributed by atoms with Gasteiger partial charge in [-0.1, -0.05) is 6.42 Å². The molecule has 3 fully saturated rings. The predicted octanol–water partition coefficient (Wildman–Crippen LogP) is 1.11. The van der Waals surface area contributed by atoms with Crippen molar-refractivity contribution in [2.75, 3.05) is 36.5 Å². The standard InChI is InChI=1S/C21H28N4O4/c22-20(27)19(25(17-8-9-17)12-14-2-1-3-14)21(28)23-15-4-6-16(7-5-15)24-10-11-29-13-18(24)26/h4-7,14,17,19H,1-3,8-13H2,(H2,22,27)(H,23,28)/t19-/m0/s1. The molecule has 1 heterocycles. The molecule has 8 heteroatoms. The molecule has 1 aromatic carbocycles. The molecule has 29 heavy (non-hydrogen) atoms. The van der Waals surface area contributed by atoms with Crippen molar-refractivity contribution < 1.29 is 19.1 Å². The highest BCUT2D eigenvalue weighted by Crippen LogP contribution is 2.34. The molecule has 0 radical (unpaired) electrons. The Balaban J connectivity index is 1.43. The minimum atomic E-state index is -0.955. The molecule has 2 saturated carbocycles. The molecule has 1 aliphatic heterocycles. The van der Waals surface area contributed by atoms with Crippen LogP contribution in [0.1, 0.15) is 32.1 Å². The van der Waals surface area contributed by atoms with Gasteiger partial charge in [0.15, 0.2) is 6.04 Å². The quantitative estimate of drug-likeness (QED) is 0.636. The number of carbonyl (C=O) groups excluding carboxylic acids is 3. The number of nitrogens with two attached hydrogens (primary N) is 1. The fraction of sp³-hybridized carbons (Fsp3) is 0.571. The second-order valence-electron chi connectivity index (χ2n) is 8.16. The fourth-order valence-corrected chi connectivity index (χ4v) is 4.01. The minimum Gasteiger partial charge on any atom is -0.370 e. The van der Waals surface area contributed by atoms with Crippen LogP contribution in [0.4, 0.5) is 11.4 Å². The third-order valence-electron chi connectivity index (χ3n) is 5.99. The number of primary amides is 1. The minimum absolute atomic E-state index is 0.0801. The lowest BCUT2D eigenvalue weighted by Gasteiger charge is -2.35. The highest BCUT2D eigenvalue weighted by Gasteiger charge is 2.42. The first-order valence-corrected chi connectivity index (χ1v) is 10.4. The summed E-state index contributed by atoms with van der Waals surface area (Å²) in [5, 5.41) is 2.83. The Bertz CT molecular complexity index is 773. The SMILES string of the molecule is NC(=O)[C@@H](C(=O)Nc1ccc(N2CCOCC2=O)cc1)N(CC1CCC1)C1CC1. The predicted molar refractivity (Wildman–Crippen MR) is 108 cm³/mol. The molecule has 1 atom stereocenters. The van der Waals surface area contributed by atoms with Gasteiger partial charge in [-0.15, -0.1) is 0 Å². The molecule has 3 N–H and O–H groups in total. The summed E-state index contributed by atoms with van der Waals surface area (Å²) in [5.41, 5.74) is 6.96. The van der Waals surface area contributed by atoms with Gasteiger partial charge >= 0.3 is 0 Å². The first-order valence-electron chi connectivity index (χ1n) is 10.4. The summed E-state index contributed by atoms with van der Waals surface area (Å²) >= 11 is 0. The summed E-state index contributed by atoms with van der Waals surface area (Å²) in [6, 6.07) is 6.36. The van der Waals surface area contributed by atoms with Gasteiger partial charge in [0.2, 0.25) is 5.91 Å². The number of anilines is 2. The third kappa shape index (κ3) is 4.59. The molecule has 1 saturated heterocycles. The maximum absolute atomic E-state index is 12.9. The van der Waals surface area contributed by atoms with Crippen LogP contribution in [0.2, 0.25) is 0 Å². The fourth-order valence-electron chi connectivity index (χ4n) is 4.01. The molecule has 1 aromatic rings. The largest absolute Gasteiger partial charge is 0.370 e. The molecule has 0 bridgehead atoms. The summed E-state index contributed by atoms with van der Waals surface area (Å²) in [7, 11) is 0. The van der Waals surface area contributed by atoms with Gasteiger partial charge in [0.05, 0.1) is 6.61 Å². The lowest BCUT2D eigenvalue weighted by atomic mass is 9.84. The van der Waals surface area contributed by atoms with Crippen molar-refractivity contribution in [3.05, 3.63) is 24.3 Å². The van der Waals surface area contributed by atoms with Crippen LogP contribution in [-0.4, -0.2) is 61.0 Å². The van der Waals surface area contributed by atoms with Crippen LogP contribution in [0.25, 0.3) is 0 Å². The summed E-state index contributed by atoms with van der Waals surface area (Å²) in [6.07, 6.45) is 5.53. The van der Waals surface area contributed by atoms with E-state index in [2.05, 4.69) is 5.32 Å².